The number of nitrogens with two attached hydrogens (primary N) is 1. The number of aliphatic hydroxyl groups excluding tert-OH is 4. The number of nitrogen functional groups attached to an aromatic ring is 1. The molecule has 3 heterocycles. The van der Waals surface area contributed by atoms with Gasteiger partial charge in [0.25, 0.3) is 0 Å². The summed E-state index contributed by atoms with van der Waals surface area (Å²) in [7, 11) is -11.3. The smallest absolute Gasteiger partial charge is 0.462 e. The van der Waals surface area contributed by atoms with Gasteiger partial charge in [0.1, 0.15) is 36.6 Å². The lowest BCUT2D eigenvalue weighted by molar-refractivity contribution is -0.186. The lowest BCUT2D eigenvalue weighted by Crippen LogP contribution is -2.51. The first-order valence-corrected chi connectivity index (χ1v) is 28.8. The minimum absolute atomic E-state index is 0.00166. The van der Waals surface area contributed by atoms with Crippen molar-refractivity contribution in [2.45, 2.75) is 205 Å². The number of phosphoric ester groups is 2. The normalized spacial score (nSPS) is 29.9. The summed E-state index contributed by atoms with van der Waals surface area (Å²) < 4.78 is 58.9. The van der Waals surface area contributed by atoms with Crippen molar-refractivity contribution in [2.75, 3.05) is 25.6 Å². The summed E-state index contributed by atoms with van der Waals surface area (Å²) in [6, 6.07) is 1.23. The Hall–Kier alpha value is -3.17. The zero-order valence-corrected chi connectivity index (χ0v) is 44.2. The van der Waals surface area contributed by atoms with Gasteiger partial charge in [-0.1, -0.05) is 135 Å². The van der Waals surface area contributed by atoms with E-state index in [0.717, 1.165) is 61.6 Å². The number of allylic oxidation sites excluding steroid dienone is 2. The maximum atomic E-state index is 14.0. The molecular weight excluding hydrogens is 980 g/mol. The largest absolute Gasteiger partial charge is 0.481 e. The molecule has 8 N–H and O–H groups in total. The monoisotopic (exact) mass is 1060 g/mol. The predicted molar refractivity (Wildman–Crippen MR) is 267 cm³/mol. The second kappa shape index (κ2) is 33.7. The number of Topliss-reactive ketones (excluding diaryl/α,β-unsaturated/α-hetero) is 1. The van der Waals surface area contributed by atoms with Crippen LogP contribution in [0.4, 0.5) is 5.82 Å². The molecule has 23 heteroatoms. The summed E-state index contributed by atoms with van der Waals surface area (Å²) in [5, 5.41) is 45.7. The summed E-state index contributed by atoms with van der Waals surface area (Å²) in [5.41, 5.74) is 4.75. The highest BCUT2D eigenvalue weighted by Gasteiger charge is 2.45. The van der Waals surface area contributed by atoms with Crippen molar-refractivity contribution in [3.63, 3.8) is 0 Å². The number of esters is 2. The van der Waals surface area contributed by atoms with Gasteiger partial charge in [0.05, 0.1) is 37.4 Å². The van der Waals surface area contributed by atoms with Crippen LogP contribution in [0.2, 0.25) is 0 Å². The molecule has 0 saturated carbocycles. The fraction of sp³-hybridized carbons (Fsp3) is 0.776. The molecule has 0 amide bonds. The first-order valence-electron chi connectivity index (χ1n) is 25.8. The molecule has 1 aromatic heterocycles. The Morgan fingerprint density at radius 3 is 2.14 bits per heavy atom. The number of unbranched alkanes of at least 4 members (excludes halogenated alkanes) is 12. The van der Waals surface area contributed by atoms with Crippen molar-refractivity contribution in [2.24, 2.45) is 17.8 Å². The number of hydrogen-bond acceptors (Lipinski definition) is 18. The van der Waals surface area contributed by atoms with Crippen molar-refractivity contribution in [1.29, 1.82) is 0 Å². The molecule has 3 rings (SSSR count). The highest BCUT2D eigenvalue weighted by atomic mass is 31.3. The molecule has 72 heavy (non-hydrogen) atoms. The molecule has 1 fully saturated rings. The van der Waals surface area contributed by atoms with Crippen LogP contribution in [0.25, 0.3) is 0 Å². The van der Waals surface area contributed by atoms with Gasteiger partial charge in [-0.2, -0.15) is 9.29 Å². The minimum atomic E-state index is -5.72. The molecule has 2 aliphatic rings. The molecule has 2 aliphatic heterocycles. The van der Waals surface area contributed by atoms with Crippen LogP contribution >= 0.6 is 15.6 Å². The Balaban J connectivity index is 1.82. The second-order valence-corrected chi connectivity index (χ2v) is 22.3. The van der Waals surface area contributed by atoms with Crippen LogP contribution < -0.4 is 11.4 Å². The highest BCUT2D eigenvalue weighted by molar-refractivity contribution is 7.61. The van der Waals surface area contributed by atoms with Crippen LogP contribution in [0, 0.1) is 17.8 Å². The number of fused-ring (bicyclic) bond motifs is 3. The predicted octanol–water partition coefficient (Wildman–Crippen LogP) is 7.06. The molecule has 21 nitrogen and oxygen atoms in total. The molecule has 1 saturated heterocycles. The van der Waals surface area contributed by atoms with Gasteiger partial charge in [-0.15, -0.1) is 0 Å². The summed E-state index contributed by atoms with van der Waals surface area (Å²) in [4.78, 5) is 78.1. The standard InChI is InChI=1S/C49H83N3O18P2/c1-4-5-17-23-36(53)27-28-38-40(54)31-41(55)39-24-19-15-16-20-25-44(56)65-32-37(68-45(57)26-21-14-12-10-8-6-7-9-11-13-18-22-35(2)3)33-66-71(61,62)70-72(63,64)67-34-42(47(59)46(38)58)69-48(39)52-30-29-43(50)51-49(52)60/h15,19,27-30,35-39,41-42,46-48,53,55,58-59H,4-14,16-18,20-26,31-34H2,1-3H3,(H,61,62)(H,63,64)(H2,50,51,60)/b19-15-,28-27?/t36-,37+,38-,39-,41-,42+,46-,47+,48+/m0/s1. The Bertz CT molecular complexity index is 1990. The van der Waals surface area contributed by atoms with E-state index < -0.39 is 120 Å². The molecule has 0 radical (unpaired) electrons. The number of aromatic nitrogens is 2. The van der Waals surface area contributed by atoms with E-state index in [4.69, 9.17) is 29.0 Å². The summed E-state index contributed by atoms with van der Waals surface area (Å²) in [6.45, 7) is 3.71. The van der Waals surface area contributed by atoms with E-state index in [9.17, 15) is 58.5 Å². The number of phosphoric acid groups is 2. The van der Waals surface area contributed by atoms with Crippen molar-refractivity contribution in [3.05, 3.63) is 47.1 Å². The number of anilines is 1. The number of rotatable bonds is 22. The summed E-state index contributed by atoms with van der Waals surface area (Å²) >= 11 is 0. The zero-order chi connectivity index (χ0) is 53.1. The number of ketones is 1. The highest BCUT2D eigenvalue weighted by Crippen LogP contribution is 2.60. The summed E-state index contributed by atoms with van der Waals surface area (Å²) in [5.74, 6) is -4.48. The molecule has 0 aliphatic carbocycles. The van der Waals surface area contributed by atoms with Gasteiger partial charge in [0, 0.05) is 31.4 Å². The third kappa shape index (κ3) is 24.9. The minimum Gasteiger partial charge on any atom is -0.462 e. The van der Waals surface area contributed by atoms with Gasteiger partial charge in [-0.25, -0.2) is 13.9 Å². The Labute approximate surface area is 424 Å². The van der Waals surface area contributed by atoms with Gasteiger partial charge in [-0.3, -0.25) is 28.0 Å². The third-order valence-electron chi connectivity index (χ3n) is 12.6. The second-order valence-electron chi connectivity index (χ2n) is 19.3. The van der Waals surface area contributed by atoms with Gasteiger partial charge in [0.15, 0.2) is 6.10 Å². The average Bonchev–Trinajstić information content (AvgIpc) is 3.30. The van der Waals surface area contributed by atoms with Crippen molar-refractivity contribution < 1.29 is 81.3 Å². The van der Waals surface area contributed by atoms with Gasteiger partial charge in [-0.05, 0) is 44.1 Å². The van der Waals surface area contributed by atoms with Crippen molar-refractivity contribution in [3.8, 4) is 0 Å². The fourth-order valence-corrected chi connectivity index (χ4v) is 10.5. The topological polar surface area (TPSA) is 323 Å². The van der Waals surface area contributed by atoms with Gasteiger partial charge >= 0.3 is 33.3 Å². The van der Waals surface area contributed by atoms with Gasteiger partial charge in [0.2, 0.25) is 0 Å². The Morgan fingerprint density at radius 2 is 1.50 bits per heavy atom. The Morgan fingerprint density at radius 1 is 0.875 bits per heavy atom. The van der Waals surface area contributed by atoms with E-state index in [2.05, 4.69) is 23.1 Å². The van der Waals surface area contributed by atoms with E-state index in [1.165, 1.54) is 56.7 Å². The van der Waals surface area contributed by atoms with Crippen LogP contribution in [0.3, 0.4) is 0 Å². The average molecular weight is 1060 g/mol. The molecule has 412 valence electrons. The molecule has 0 spiro atoms. The first-order chi connectivity index (χ1) is 34.2. The molecule has 0 aromatic carbocycles. The number of ether oxygens (including phenoxy) is 3. The summed E-state index contributed by atoms with van der Waals surface area (Å²) in [6.07, 6.45) is 10.2. The van der Waals surface area contributed by atoms with Crippen molar-refractivity contribution in [1.82, 2.24) is 9.55 Å². The van der Waals surface area contributed by atoms with Crippen molar-refractivity contribution >= 4 is 39.2 Å². The van der Waals surface area contributed by atoms with Crippen LogP contribution in [0.1, 0.15) is 168 Å². The molecular formula is C49H83N3O18P2. The van der Waals surface area contributed by atoms with Gasteiger partial charge < -0.3 is 50.2 Å². The molecule has 1 aromatic rings. The quantitative estimate of drug-likeness (QED) is 0.0264. The number of nitrogens with zero attached hydrogens (tertiary/aromatic N) is 2. The van der Waals surface area contributed by atoms with E-state index in [1.807, 2.05) is 6.92 Å². The number of carbonyl (C=O) groups is 3. The maximum Gasteiger partial charge on any atom is 0.481 e. The number of carbonyl (C=O) groups excluding carboxylic acids is 3. The molecule has 11 atom stereocenters. The number of aliphatic hydroxyl groups is 4. The maximum absolute atomic E-state index is 14.0. The fourth-order valence-electron chi connectivity index (χ4n) is 8.43. The van der Waals surface area contributed by atoms with Crippen LogP contribution in [0.5, 0.6) is 0 Å². The first kappa shape index (κ1) is 63.1. The molecule has 2 bridgehead atoms. The van der Waals surface area contributed by atoms with E-state index >= 15 is 0 Å². The number of hydrogen-bond donors (Lipinski definition) is 7. The Kier molecular flexibility index (Phi) is 29.5. The number of cyclic esters (lactones) is 1. The molecule has 2 unspecified atom stereocenters. The van der Waals surface area contributed by atoms with Crippen LogP contribution in [-0.4, -0.2) is 114 Å². The zero-order valence-electron chi connectivity index (χ0n) is 42.4. The van der Waals surface area contributed by atoms with Crippen LogP contribution in [0.15, 0.2) is 41.4 Å². The third-order valence-corrected chi connectivity index (χ3v) is 15.2. The lowest BCUT2D eigenvalue weighted by Gasteiger charge is -2.39. The van der Waals surface area contributed by atoms with E-state index in [0.29, 0.717) is 19.3 Å². The lowest BCUT2D eigenvalue weighted by atomic mass is 9.83. The van der Waals surface area contributed by atoms with E-state index in [-0.39, 0.29) is 37.9 Å². The SMILES string of the molecule is CCCCC[C@H](O)C=C[C@H]1C(=O)C[C@H](O)[C@@H]2C/C=C\CCCC(=O)OC[C@@H](OC(=O)CCCCCCCCCCCCCC(C)C)COP(=O)(O)OP(=O)(O)OC[C@@H](O[C@H]2n2ccc(N)nc2=O)[C@@H](O)[C@H]1O. The van der Waals surface area contributed by atoms with Crippen LogP contribution in [-0.2, 0) is 51.1 Å². The van der Waals surface area contributed by atoms with E-state index in [1.54, 1.807) is 12.2 Å².